The van der Waals surface area contributed by atoms with Gasteiger partial charge in [0.15, 0.2) is 0 Å². The first-order chi connectivity index (χ1) is 8.07. The molecule has 1 aromatic rings. The van der Waals surface area contributed by atoms with Crippen LogP contribution in [0.5, 0.6) is 5.88 Å². The summed E-state index contributed by atoms with van der Waals surface area (Å²) in [5.41, 5.74) is -0.696. The molecule has 4 nitrogen and oxygen atoms in total. The van der Waals surface area contributed by atoms with Crippen LogP contribution in [0, 0.1) is 0 Å². The second-order valence-corrected chi connectivity index (χ2v) is 4.39. The molecular weight excluding hydrogens is 216 g/mol. The van der Waals surface area contributed by atoms with Crippen molar-refractivity contribution in [3.63, 3.8) is 0 Å². The molecule has 1 atom stereocenters. The fourth-order valence-electron chi connectivity index (χ4n) is 1.65. The van der Waals surface area contributed by atoms with Gasteiger partial charge in [-0.05, 0) is 26.3 Å². The number of aromatic nitrogens is 1. The fourth-order valence-corrected chi connectivity index (χ4v) is 1.65. The predicted molar refractivity (Wildman–Crippen MR) is 69.4 cm³/mol. The molecule has 2 N–H and O–H groups in total. The van der Waals surface area contributed by atoms with Gasteiger partial charge >= 0.3 is 0 Å². The Labute approximate surface area is 103 Å². The number of ether oxygens (including phenoxy) is 1. The largest absolute Gasteiger partial charge is 0.478 e. The van der Waals surface area contributed by atoms with Crippen molar-refractivity contribution in [2.45, 2.75) is 39.2 Å². The van der Waals surface area contributed by atoms with Gasteiger partial charge in [-0.1, -0.05) is 19.4 Å². The number of hydrogen-bond acceptors (Lipinski definition) is 4. The third-order valence-corrected chi connectivity index (χ3v) is 2.45. The smallest absolute Gasteiger partial charge is 0.215 e. The van der Waals surface area contributed by atoms with E-state index >= 15 is 0 Å². The van der Waals surface area contributed by atoms with Gasteiger partial charge in [0.25, 0.3) is 0 Å². The van der Waals surface area contributed by atoms with Crippen molar-refractivity contribution < 1.29 is 9.84 Å². The fraction of sp³-hybridized carbons (Fsp3) is 0.615. The molecule has 0 fully saturated rings. The average Bonchev–Trinajstić information content (AvgIpc) is 2.28. The van der Waals surface area contributed by atoms with E-state index in [1.807, 2.05) is 32.0 Å². The first kappa shape index (κ1) is 13.8. The van der Waals surface area contributed by atoms with Gasteiger partial charge in [0.2, 0.25) is 5.88 Å². The second kappa shape index (κ2) is 6.45. The molecule has 1 unspecified atom stereocenters. The number of aliphatic hydroxyl groups is 1. The van der Waals surface area contributed by atoms with Gasteiger partial charge in [-0.25, -0.2) is 0 Å². The lowest BCUT2D eigenvalue weighted by molar-refractivity contribution is 0.0636. The molecule has 0 saturated heterocycles. The monoisotopic (exact) mass is 238 g/mol. The standard InChI is InChI=1S/C13H22N2O2/c1-4-9-13(3,16)10-14-11-7-6-8-12(15-11)17-5-2/h6-8,16H,4-5,9-10H2,1-3H3,(H,14,15). The van der Waals surface area contributed by atoms with Gasteiger partial charge in [-0.2, -0.15) is 4.98 Å². The van der Waals surface area contributed by atoms with Crippen molar-refractivity contribution in [3.8, 4) is 5.88 Å². The van der Waals surface area contributed by atoms with Gasteiger partial charge in [-0.3, -0.25) is 0 Å². The first-order valence-corrected chi connectivity index (χ1v) is 6.13. The van der Waals surface area contributed by atoms with Crippen LogP contribution in [-0.4, -0.2) is 28.8 Å². The SMILES string of the molecule is CCCC(C)(O)CNc1cccc(OCC)n1. The molecule has 4 heteroatoms. The highest BCUT2D eigenvalue weighted by Crippen LogP contribution is 2.15. The second-order valence-electron chi connectivity index (χ2n) is 4.39. The average molecular weight is 238 g/mol. The van der Waals surface area contributed by atoms with Gasteiger partial charge in [0.1, 0.15) is 5.82 Å². The molecule has 0 aromatic carbocycles. The third-order valence-electron chi connectivity index (χ3n) is 2.45. The lowest BCUT2D eigenvalue weighted by Gasteiger charge is -2.23. The van der Waals surface area contributed by atoms with Gasteiger partial charge in [0.05, 0.1) is 12.2 Å². The van der Waals surface area contributed by atoms with E-state index in [4.69, 9.17) is 4.74 Å². The Morgan fingerprint density at radius 2 is 2.18 bits per heavy atom. The van der Waals surface area contributed by atoms with Crippen LogP contribution in [0.1, 0.15) is 33.6 Å². The molecule has 17 heavy (non-hydrogen) atoms. The Hall–Kier alpha value is -1.29. The molecule has 96 valence electrons. The van der Waals surface area contributed by atoms with E-state index in [0.717, 1.165) is 18.7 Å². The number of nitrogens with zero attached hydrogens (tertiary/aromatic N) is 1. The van der Waals surface area contributed by atoms with E-state index in [9.17, 15) is 5.11 Å². The topological polar surface area (TPSA) is 54.4 Å². The highest BCUT2D eigenvalue weighted by atomic mass is 16.5. The minimum atomic E-state index is -0.696. The lowest BCUT2D eigenvalue weighted by atomic mass is 10.0. The summed E-state index contributed by atoms with van der Waals surface area (Å²) >= 11 is 0. The maximum atomic E-state index is 10.0. The highest BCUT2D eigenvalue weighted by molar-refractivity contribution is 5.37. The maximum Gasteiger partial charge on any atom is 0.215 e. The van der Waals surface area contributed by atoms with Crippen LogP contribution in [0.3, 0.4) is 0 Å². The number of hydrogen-bond donors (Lipinski definition) is 2. The summed E-state index contributed by atoms with van der Waals surface area (Å²) in [5, 5.41) is 13.2. The van der Waals surface area contributed by atoms with Crippen LogP contribution in [0.15, 0.2) is 18.2 Å². The summed E-state index contributed by atoms with van der Waals surface area (Å²) in [6, 6.07) is 5.57. The van der Waals surface area contributed by atoms with E-state index in [0.29, 0.717) is 19.0 Å². The number of anilines is 1. The highest BCUT2D eigenvalue weighted by Gasteiger charge is 2.18. The molecule has 0 radical (unpaired) electrons. The molecule has 0 aliphatic carbocycles. The van der Waals surface area contributed by atoms with Crippen LogP contribution in [0.25, 0.3) is 0 Å². The van der Waals surface area contributed by atoms with Crippen molar-refractivity contribution in [2.75, 3.05) is 18.5 Å². The minimum absolute atomic E-state index is 0.490. The quantitative estimate of drug-likeness (QED) is 0.766. The van der Waals surface area contributed by atoms with Crippen LogP contribution in [0.2, 0.25) is 0 Å². The normalized spacial score (nSPS) is 14.1. The summed E-state index contributed by atoms with van der Waals surface area (Å²) < 4.78 is 5.31. The van der Waals surface area contributed by atoms with Gasteiger partial charge < -0.3 is 15.2 Å². The Balaban J connectivity index is 2.53. The Morgan fingerprint density at radius 1 is 1.41 bits per heavy atom. The van der Waals surface area contributed by atoms with Crippen molar-refractivity contribution in [3.05, 3.63) is 18.2 Å². The van der Waals surface area contributed by atoms with Crippen LogP contribution in [-0.2, 0) is 0 Å². The number of nitrogens with one attached hydrogen (secondary N) is 1. The Kier molecular flexibility index (Phi) is 5.22. The van der Waals surface area contributed by atoms with E-state index < -0.39 is 5.60 Å². The zero-order valence-corrected chi connectivity index (χ0v) is 10.9. The molecule has 1 rings (SSSR count). The Morgan fingerprint density at radius 3 is 2.82 bits per heavy atom. The van der Waals surface area contributed by atoms with E-state index in [-0.39, 0.29) is 0 Å². The maximum absolute atomic E-state index is 10.0. The summed E-state index contributed by atoms with van der Waals surface area (Å²) in [6.45, 7) is 6.90. The summed E-state index contributed by atoms with van der Waals surface area (Å²) in [6.07, 6.45) is 1.73. The van der Waals surface area contributed by atoms with Gasteiger partial charge in [0, 0.05) is 12.6 Å². The van der Waals surface area contributed by atoms with Crippen LogP contribution < -0.4 is 10.1 Å². The lowest BCUT2D eigenvalue weighted by Crippen LogP contribution is -2.33. The zero-order valence-electron chi connectivity index (χ0n) is 10.9. The third kappa shape index (κ3) is 5.04. The van der Waals surface area contributed by atoms with Crippen molar-refractivity contribution in [1.29, 1.82) is 0 Å². The first-order valence-electron chi connectivity index (χ1n) is 6.13. The number of rotatable bonds is 7. The van der Waals surface area contributed by atoms with Gasteiger partial charge in [-0.15, -0.1) is 0 Å². The predicted octanol–water partition coefficient (Wildman–Crippen LogP) is 2.44. The van der Waals surface area contributed by atoms with E-state index in [1.54, 1.807) is 0 Å². The van der Waals surface area contributed by atoms with Crippen molar-refractivity contribution >= 4 is 5.82 Å². The minimum Gasteiger partial charge on any atom is -0.478 e. The Bertz CT molecular complexity index is 340. The molecule has 0 aliphatic rings. The molecule has 0 aliphatic heterocycles. The van der Waals surface area contributed by atoms with Crippen LogP contribution >= 0.6 is 0 Å². The number of pyridine rings is 1. The summed E-state index contributed by atoms with van der Waals surface area (Å²) in [5.74, 6) is 1.33. The molecular formula is C13H22N2O2. The molecule has 0 saturated carbocycles. The molecule has 0 amide bonds. The van der Waals surface area contributed by atoms with E-state index in [1.165, 1.54) is 0 Å². The summed E-state index contributed by atoms with van der Waals surface area (Å²) in [4.78, 5) is 4.28. The van der Waals surface area contributed by atoms with Crippen LogP contribution in [0.4, 0.5) is 5.82 Å². The van der Waals surface area contributed by atoms with E-state index in [2.05, 4.69) is 17.2 Å². The molecule has 0 bridgehead atoms. The summed E-state index contributed by atoms with van der Waals surface area (Å²) in [7, 11) is 0. The van der Waals surface area contributed by atoms with Crippen molar-refractivity contribution in [2.24, 2.45) is 0 Å². The van der Waals surface area contributed by atoms with Crippen molar-refractivity contribution in [1.82, 2.24) is 4.98 Å². The molecule has 1 heterocycles. The molecule has 0 spiro atoms. The zero-order chi connectivity index (χ0) is 12.7. The molecule has 1 aromatic heterocycles.